The fourth-order valence-electron chi connectivity index (χ4n) is 1.36. The second-order valence-corrected chi connectivity index (χ2v) is 6.32. The smallest absolute Gasteiger partial charge is 0.348 e. The summed E-state index contributed by atoms with van der Waals surface area (Å²) < 4.78 is 10.1. The number of nitrogens with two attached hydrogens (primary N) is 1. The monoisotopic (exact) mass is 313 g/mol. The molecule has 1 atom stereocenters. The predicted molar refractivity (Wildman–Crippen MR) is 78.5 cm³/mol. The van der Waals surface area contributed by atoms with Gasteiger partial charge in [0.05, 0.1) is 0 Å². The van der Waals surface area contributed by atoms with Gasteiger partial charge in [0.25, 0.3) is 0 Å². The standard InChI is InChI=1S/C14H19NO5S/c1-9(16)18-10-5-7-11(8-6-10)21-13(20-15)12(17)19-14(2,3)4/h5-8,13H,15H2,1-4H3. The van der Waals surface area contributed by atoms with E-state index in [1.807, 2.05) is 0 Å². The summed E-state index contributed by atoms with van der Waals surface area (Å²) in [6.45, 7) is 6.61. The molecule has 116 valence electrons. The van der Waals surface area contributed by atoms with E-state index in [2.05, 4.69) is 4.84 Å². The van der Waals surface area contributed by atoms with E-state index < -0.39 is 23.0 Å². The largest absolute Gasteiger partial charge is 0.457 e. The van der Waals surface area contributed by atoms with Gasteiger partial charge >= 0.3 is 11.9 Å². The van der Waals surface area contributed by atoms with Crippen molar-refractivity contribution in [3.63, 3.8) is 0 Å². The van der Waals surface area contributed by atoms with E-state index in [0.29, 0.717) is 5.75 Å². The highest BCUT2D eigenvalue weighted by atomic mass is 32.2. The number of rotatable bonds is 5. The minimum atomic E-state index is -0.969. The number of hydrogen-bond acceptors (Lipinski definition) is 7. The summed E-state index contributed by atoms with van der Waals surface area (Å²) in [6, 6.07) is 6.62. The van der Waals surface area contributed by atoms with Crippen molar-refractivity contribution in [2.75, 3.05) is 0 Å². The van der Waals surface area contributed by atoms with E-state index in [0.717, 1.165) is 16.7 Å². The molecule has 21 heavy (non-hydrogen) atoms. The molecule has 0 aliphatic carbocycles. The lowest BCUT2D eigenvalue weighted by Gasteiger charge is -2.22. The molecule has 0 fully saturated rings. The number of benzene rings is 1. The summed E-state index contributed by atoms with van der Waals surface area (Å²) in [5.41, 5.74) is -1.59. The molecule has 0 aliphatic rings. The molecule has 2 N–H and O–H groups in total. The summed E-state index contributed by atoms with van der Waals surface area (Å²) in [6.07, 6.45) is 0. The lowest BCUT2D eigenvalue weighted by Crippen LogP contribution is -2.33. The van der Waals surface area contributed by atoms with Crippen molar-refractivity contribution < 1.29 is 23.9 Å². The second-order valence-electron chi connectivity index (χ2n) is 5.18. The lowest BCUT2D eigenvalue weighted by atomic mass is 10.2. The molecule has 0 amide bonds. The van der Waals surface area contributed by atoms with Gasteiger partial charge in [-0.2, -0.15) is 0 Å². The number of ether oxygens (including phenoxy) is 2. The molecule has 0 aliphatic heterocycles. The van der Waals surface area contributed by atoms with E-state index in [-0.39, 0.29) is 0 Å². The van der Waals surface area contributed by atoms with Crippen LogP contribution in [0.15, 0.2) is 29.2 Å². The maximum atomic E-state index is 11.9. The van der Waals surface area contributed by atoms with Crippen LogP contribution in [0.1, 0.15) is 27.7 Å². The number of hydrogen-bond donors (Lipinski definition) is 1. The lowest BCUT2D eigenvalue weighted by molar-refractivity contribution is -0.162. The molecule has 0 heterocycles. The first-order valence-corrected chi connectivity index (χ1v) is 7.13. The first kappa shape index (κ1) is 17.5. The quantitative estimate of drug-likeness (QED) is 0.293. The van der Waals surface area contributed by atoms with Crippen LogP contribution in [-0.4, -0.2) is 23.0 Å². The van der Waals surface area contributed by atoms with Crippen molar-refractivity contribution >= 4 is 23.7 Å². The summed E-state index contributed by atoms with van der Waals surface area (Å²) in [5.74, 6) is 4.62. The fraction of sp³-hybridized carbons (Fsp3) is 0.429. The van der Waals surface area contributed by atoms with Crippen molar-refractivity contribution in [2.45, 2.75) is 43.6 Å². The van der Waals surface area contributed by atoms with E-state index >= 15 is 0 Å². The maximum Gasteiger partial charge on any atom is 0.348 e. The van der Waals surface area contributed by atoms with E-state index in [4.69, 9.17) is 15.4 Å². The molecule has 0 spiro atoms. The highest BCUT2D eigenvalue weighted by Gasteiger charge is 2.26. The van der Waals surface area contributed by atoms with Crippen molar-refractivity contribution in [3.8, 4) is 5.75 Å². The van der Waals surface area contributed by atoms with Gasteiger partial charge in [0.1, 0.15) is 11.4 Å². The summed E-state index contributed by atoms with van der Waals surface area (Å²) >= 11 is 1.10. The fourth-order valence-corrected chi connectivity index (χ4v) is 2.10. The number of esters is 2. The van der Waals surface area contributed by atoms with Crippen LogP contribution in [0, 0.1) is 0 Å². The first-order chi connectivity index (χ1) is 9.71. The summed E-state index contributed by atoms with van der Waals surface area (Å²) in [4.78, 5) is 28.1. The SMILES string of the molecule is CC(=O)Oc1ccc(SC(ON)C(=O)OC(C)(C)C)cc1. The van der Waals surface area contributed by atoms with Crippen LogP contribution in [0.2, 0.25) is 0 Å². The zero-order valence-corrected chi connectivity index (χ0v) is 13.2. The molecule has 6 nitrogen and oxygen atoms in total. The normalized spacial score (nSPS) is 12.6. The number of carbonyl (C=O) groups excluding carboxylic acids is 2. The van der Waals surface area contributed by atoms with Crippen molar-refractivity contribution in [1.29, 1.82) is 0 Å². The molecule has 0 saturated heterocycles. The summed E-state index contributed by atoms with van der Waals surface area (Å²) in [5, 5.41) is 0. The third-order valence-corrected chi connectivity index (χ3v) is 3.11. The third-order valence-electron chi connectivity index (χ3n) is 2.05. The molecule has 0 radical (unpaired) electrons. The Morgan fingerprint density at radius 3 is 2.19 bits per heavy atom. The highest BCUT2D eigenvalue weighted by Crippen LogP contribution is 2.27. The number of thioether (sulfide) groups is 1. The summed E-state index contributed by atoms with van der Waals surface area (Å²) in [7, 11) is 0. The van der Waals surface area contributed by atoms with Gasteiger partial charge in [0.2, 0.25) is 5.44 Å². The van der Waals surface area contributed by atoms with Crippen molar-refractivity contribution in [1.82, 2.24) is 0 Å². The van der Waals surface area contributed by atoms with Gasteiger partial charge < -0.3 is 9.47 Å². The Labute approximate surface area is 127 Å². The second kappa shape index (κ2) is 7.44. The van der Waals surface area contributed by atoms with Gasteiger partial charge in [-0.25, -0.2) is 10.7 Å². The first-order valence-electron chi connectivity index (χ1n) is 6.25. The molecular formula is C14H19NO5S. The predicted octanol–water partition coefficient (Wildman–Crippen LogP) is 2.26. The molecule has 1 aromatic carbocycles. The Morgan fingerprint density at radius 1 is 1.19 bits per heavy atom. The van der Waals surface area contributed by atoms with Crippen LogP contribution in [-0.2, 0) is 19.2 Å². The van der Waals surface area contributed by atoms with Crippen molar-refractivity contribution in [2.24, 2.45) is 5.90 Å². The molecule has 1 unspecified atom stereocenters. The average Bonchev–Trinajstić information content (AvgIpc) is 2.35. The van der Waals surface area contributed by atoms with Crippen LogP contribution in [0.3, 0.4) is 0 Å². The molecule has 0 saturated carbocycles. The Bertz CT molecular complexity index is 495. The van der Waals surface area contributed by atoms with Crippen LogP contribution in [0.25, 0.3) is 0 Å². The van der Waals surface area contributed by atoms with E-state index in [9.17, 15) is 9.59 Å². The zero-order chi connectivity index (χ0) is 16.0. The van der Waals surface area contributed by atoms with Gasteiger partial charge in [0.15, 0.2) is 0 Å². The van der Waals surface area contributed by atoms with Crippen LogP contribution < -0.4 is 10.6 Å². The van der Waals surface area contributed by atoms with Gasteiger partial charge in [0, 0.05) is 11.8 Å². The maximum absolute atomic E-state index is 11.9. The molecule has 7 heteroatoms. The number of carbonyl (C=O) groups is 2. The Hall–Kier alpha value is -1.57. The van der Waals surface area contributed by atoms with Crippen LogP contribution in [0.5, 0.6) is 5.75 Å². The van der Waals surface area contributed by atoms with Crippen LogP contribution in [0.4, 0.5) is 0 Å². The van der Waals surface area contributed by atoms with E-state index in [1.54, 1.807) is 45.0 Å². The minimum Gasteiger partial charge on any atom is -0.457 e. The zero-order valence-electron chi connectivity index (χ0n) is 12.4. The van der Waals surface area contributed by atoms with Crippen molar-refractivity contribution in [3.05, 3.63) is 24.3 Å². The molecule has 1 aromatic rings. The highest BCUT2D eigenvalue weighted by molar-refractivity contribution is 8.00. The van der Waals surface area contributed by atoms with Gasteiger partial charge in [-0.05, 0) is 45.0 Å². The molecule has 0 aromatic heterocycles. The molecular weight excluding hydrogens is 294 g/mol. The Morgan fingerprint density at radius 2 is 1.76 bits per heavy atom. The molecule has 1 rings (SSSR count). The minimum absolute atomic E-state index is 0.396. The van der Waals surface area contributed by atoms with E-state index in [1.165, 1.54) is 6.92 Å². The molecule has 0 bridgehead atoms. The van der Waals surface area contributed by atoms with Gasteiger partial charge in [-0.3, -0.25) is 9.63 Å². The topological polar surface area (TPSA) is 87.9 Å². The van der Waals surface area contributed by atoms with Gasteiger partial charge in [-0.15, -0.1) is 0 Å². The van der Waals surface area contributed by atoms with Gasteiger partial charge in [-0.1, -0.05) is 11.8 Å². The average molecular weight is 313 g/mol. The Kier molecular flexibility index (Phi) is 6.19. The van der Waals surface area contributed by atoms with Crippen LogP contribution >= 0.6 is 11.8 Å². The third kappa shape index (κ3) is 6.61. The Balaban J connectivity index is 2.69.